The standard InChI is InChI=1S/C16H24N2/c1-11-6-7-13(17)14(18-11)12-8-15(2,3)10-16(4,5)9-12/h6-8H,9-10,17H2,1-5H3. The third-order valence-corrected chi connectivity index (χ3v) is 3.54. The summed E-state index contributed by atoms with van der Waals surface area (Å²) in [5, 5.41) is 0. The summed E-state index contributed by atoms with van der Waals surface area (Å²) in [6.07, 6.45) is 4.61. The van der Waals surface area contributed by atoms with Crippen LogP contribution in [0.5, 0.6) is 0 Å². The first-order chi connectivity index (χ1) is 8.19. The second-order valence-electron chi connectivity index (χ2n) is 7.07. The number of nitrogens with zero attached hydrogens (tertiary/aromatic N) is 1. The Balaban J connectivity index is 2.50. The van der Waals surface area contributed by atoms with Gasteiger partial charge >= 0.3 is 0 Å². The van der Waals surface area contributed by atoms with E-state index in [-0.39, 0.29) is 5.41 Å². The maximum absolute atomic E-state index is 6.09. The molecule has 0 aliphatic heterocycles. The molecule has 1 aliphatic carbocycles. The summed E-state index contributed by atoms with van der Waals surface area (Å²) < 4.78 is 0. The van der Waals surface area contributed by atoms with Gasteiger partial charge in [-0.2, -0.15) is 0 Å². The third kappa shape index (κ3) is 2.74. The van der Waals surface area contributed by atoms with Crippen molar-refractivity contribution in [2.45, 2.75) is 47.5 Å². The Kier molecular flexibility index (Phi) is 3.00. The van der Waals surface area contributed by atoms with E-state index in [0.717, 1.165) is 23.5 Å². The number of aryl methyl sites for hydroxylation is 1. The van der Waals surface area contributed by atoms with Crippen molar-refractivity contribution in [3.05, 3.63) is 29.6 Å². The average Bonchev–Trinajstić information content (AvgIpc) is 2.17. The van der Waals surface area contributed by atoms with Gasteiger partial charge in [0.15, 0.2) is 0 Å². The lowest BCUT2D eigenvalue weighted by atomic mass is 9.66. The van der Waals surface area contributed by atoms with Gasteiger partial charge in [-0.1, -0.05) is 33.8 Å². The van der Waals surface area contributed by atoms with Crippen molar-refractivity contribution >= 4 is 11.3 Å². The summed E-state index contributed by atoms with van der Waals surface area (Å²) in [4.78, 5) is 4.63. The molecule has 0 unspecified atom stereocenters. The number of hydrogen-bond acceptors (Lipinski definition) is 2. The monoisotopic (exact) mass is 244 g/mol. The summed E-state index contributed by atoms with van der Waals surface area (Å²) in [5.74, 6) is 0. The molecule has 18 heavy (non-hydrogen) atoms. The van der Waals surface area contributed by atoms with Crippen LogP contribution in [0.25, 0.3) is 5.57 Å². The first-order valence-corrected chi connectivity index (χ1v) is 6.64. The van der Waals surface area contributed by atoms with Crippen LogP contribution < -0.4 is 5.73 Å². The van der Waals surface area contributed by atoms with E-state index in [1.54, 1.807) is 0 Å². The van der Waals surface area contributed by atoms with Crippen LogP contribution in [0.2, 0.25) is 0 Å². The molecule has 0 radical (unpaired) electrons. The van der Waals surface area contributed by atoms with Crippen LogP contribution >= 0.6 is 0 Å². The van der Waals surface area contributed by atoms with E-state index in [2.05, 4.69) is 38.8 Å². The molecule has 0 atom stereocenters. The second-order valence-corrected chi connectivity index (χ2v) is 7.07. The summed E-state index contributed by atoms with van der Waals surface area (Å²) in [5.41, 5.74) is 10.7. The molecule has 0 amide bonds. The van der Waals surface area contributed by atoms with Gasteiger partial charge in [0.05, 0.1) is 11.4 Å². The Labute approximate surface area is 110 Å². The fourth-order valence-corrected chi connectivity index (χ4v) is 3.36. The van der Waals surface area contributed by atoms with Crippen LogP contribution in [0.15, 0.2) is 18.2 Å². The zero-order valence-corrected chi connectivity index (χ0v) is 12.2. The highest BCUT2D eigenvalue weighted by molar-refractivity contribution is 5.73. The molecule has 1 aliphatic rings. The molecule has 0 fully saturated rings. The highest BCUT2D eigenvalue weighted by Crippen LogP contribution is 2.47. The van der Waals surface area contributed by atoms with Crippen molar-refractivity contribution in [2.24, 2.45) is 10.8 Å². The predicted molar refractivity (Wildman–Crippen MR) is 78.2 cm³/mol. The van der Waals surface area contributed by atoms with E-state index in [1.807, 2.05) is 19.1 Å². The van der Waals surface area contributed by atoms with Crippen LogP contribution in [0.4, 0.5) is 5.69 Å². The molecule has 0 bridgehead atoms. The summed E-state index contributed by atoms with van der Waals surface area (Å²) in [6.45, 7) is 11.3. The van der Waals surface area contributed by atoms with Crippen LogP contribution in [-0.2, 0) is 0 Å². The molecule has 0 saturated carbocycles. The number of allylic oxidation sites excluding steroid dienone is 2. The highest BCUT2D eigenvalue weighted by Gasteiger charge is 2.34. The molecule has 1 aromatic rings. The number of aromatic nitrogens is 1. The van der Waals surface area contributed by atoms with Crippen LogP contribution in [0.3, 0.4) is 0 Å². The predicted octanol–water partition coefficient (Wildman–Crippen LogP) is 4.20. The van der Waals surface area contributed by atoms with Gasteiger partial charge in [0.25, 0.3) is 0 Å². The van der Waals surface area contributed by atoms with E-state index in [9.17, 15) is 0 Å². The first kappa shape index (κ1) is 13.1. The number of nitrogens with two attached hydrogens (primary N) is 1. The number of nitrogen functional groups attached to an aromatic ring is 1. The zero-order chi connectivity index (χ0) is 13.6. The first-order valence-electron chi connectivity index (χ1n) is 6.64. The normalized spacial score (nSPS) is 21.5. The topological polar surface area (TPSA) is 38.9 Å². The van der Waals surface area contributed by atoms with Crippen molar-refractivity contribution in [3.63, 3.8) is 0 Å². The molecule has 2 rings (SSSR count). The zero-order valence-electron chi connectivity index (χ0n) is 12.2. The summed E-state index contributed by atoms with van der Waals surface area (Å²) >= 11 is 0. The molecule has 98 valence electrons. The summed E-state index contributed by atoms with van der Waals surface area (Å²) in [6, 6.07) is 3.94. The van der Waals surface area contributed by atoms with Crippen molar-refractivity contribution in [1.82, 2.24) is 4.98 Å². The van der Waals surface area contributed by atoms with E-state index >= 15 is 0 Å². The van der Waals surface area contributed by atoms with Crippen LogP contribution in [-0.4, -0.2) is 4.98 Å². The Morgan fingerprint density at radius 1 is 1.17 bits per heavy atom. The van der Waals surface area contributed by atoms with Gasteiger partial charge < -0.3 is 5.73 Å². The smallest absolute Gasteiger partial charge is 0.0891 e. The number of anilines is 1. The van der Waals surface area contributed by atoms with Crippen molar-refractivity contribution < 1.29 is 0 Å². The van der Waals surface area contributed by atoms with Crippen LogP contribution in [0, 0.1) is 17.8 Å². The van der Waals surface area contributed by atoms with Gasteiger partial charge in [0, 0.05) is 5.69 Å². The SMILES string of the molecule is Cc1ccc(N)c(C2=CC(C)(C)CC(C)(C)C2)n1. The third-order valence-electron chi connectivity index (χ3n) is 3.54. The maximum atomic E-state index is 6.09. The number of hydrogen-bond donors (Lipinski definition) is 1. The van der Waals surface area contributed by atoms with Gasteiger partial charge in [-0.25, -0.2) is 0 Å². The summed E-state index contributed by atoms with van der Waals surface area (Å²) in [7, 11) is 0. The van der Waals surface area contributed by atoms with E-state index in [0.29, 0.717) is 5.41 Å². The minimum atomic E-state index is 0.217. The molecule has 2 nitrogen and oxygen atoms in total. The van der Waals surface area contributed by atoms with Gasteiger partial charge in [0.2, 0.25) is 0 Å². The Bertz CT molecular complexity index is 496. The molecule has 2 N–H and O–H groups in total. The lowest BCUT2D eigenvalue weighted by Gasteiger charge is -2.39. The van der Waals surface area contributed by atoms with Gasteiger partial charge in [-0.15, -0.1) is 0 Å². The Morgan fingerprint density at radius 3 is 2.44 bits per heavy atom. The maximum Gasteiger partial charge on any atom is 0.0891 e. The molecular weight excluding hydrogens is 220 g/mol. The minimum Gasteiger partial charge on any atom is -0.397 e. The van der Waals surface area contributed by atoms with Crippen LogP contribution in [0.1, 0.15) is 51.9 Å². The number of pyridine rings is 1. The lowest BCUT2D eigenvalue weighted by molar-refractivity contribution is 0.228. The molecule has 1 aromatic heterocycles. The molecule has 1 heterocycles. The largest absolute Gasteiger partial charge is 0.397 e. The van der Waals surface area contributed by atoms with Crippen molar-refractivity contribution in [1.29, 1.82) is 0 Å². The fourth-order valence-electron chi connectivity index (χ4n) is 3.36. The van der Waals surface area contributed by atoms with Gasteiger partial charge in [-0.05, 0) is 48.3 Å². The Hall–Kier alpha value is -1.31. The van der Waals surface area contributed by atoms with E-state index in [4.69, 9.17) is 5.73 Å². The fraction of sp³-hybridized carbons (Fsp3) is 0.562. The highest BCUT2D eigenvalue weighted by atomic mass is 14.8. The van der Waals surface area contributed by atoms with Crippen molar-refractivity contribution in [3.8, 4) is 0 Å². The molecule has 0 aromatic carbocycles. The number of rotatable bonds is 1. The quantitative estimate of drug-likeness (QED) is 0.804. The molecule has 0 saturated heterocycles. The average molecular weight is 244 g/mol. The second kappa shape index (κ2) is 4.11. The lowest BCUT2D eigenvalue weighted by Crippen LogP contribution is -2.27. The van der Waals surface area contributed by atoms with E-state index in [1.165, 1.54) is 12.0 Å². The molecule has 2 heteroatoms. The molecular formula is C16H24N2. The van der Waals surface area contributed by atoms with Crippen molar-refractivity contribution in [2.75, 3.05) is 5.73 Å². The van der Waals surface area contributed by atoms with Gasteiger partial charge in [0.1, 0.15) is 0 Å². The van der Waals surface area contributed by atoms with E-state index < -0.39 is 0 Å². The van der Waals surface area contributed by atoms with Gasteiger partial charge in [-0.3, -0.25) is 4.98 Å². The minimum absolute atomic E-state index is 0.217. The Morgan fingerprint density at radius 2 is 1.83 bits per heavy atom. The molecule has 0 spiro atoms.